The molecule has 2 aromatic rings. The molecule has 0 bridgehead atoms. The molecule has 0 aliphatic rings. The fraction of sp³-hybridized carbons (Fsp3) is 0.353. The maximum atomic E-state index is 12.0. The molecule has 1 nitrogen and oxygen atoms in total. The monoisotopic (exact) mass is 272 g/mol. The van der Waals surface area contributed by atoms with Crippen molar-refractivity contribution in [2.45, 2.75) is 39.5 Å². The van der Waals surface area contributed by atoms with Crippen LogP contribution >= 0.6 is 11.3 Å². The number of rotatable bonds is 6. The molecule has 0 atom stereocenters. The van der Waals surface area contributed by atoms with E-state index < -0.39 is 0 Å². The first-order valence-corrected chi connectivity index (χ1v) is 7.64. The van der Waals surface area contributed by atoms with E-state index in [9.17, 15) is 4.79 Å². The van der Waals surface area contributed by atoms with Crippen molar-refractivity contribution in [1.29, 1.82) is 0 Å². The molecule has 1 heterocycles. The number of hydrogen-bond donors (Lipinski definition) is 0. The van der Waals surface area contributed by atoms with Gasteiger partial charge in [0.15, 0.2) is 0 Å². The van der Waals surface area contributed by atoms with Crippen molar-refractivity contribution in [2.75, 3.05) is 0 Å². The Morgan fingerprint density at radius 2 is 1.84 bits per heavy atom. The first kappa shape index (κ1) is 14.0. The molecule has 0 radical (unpaired) electrons. The quantitative estimate of drug-likeness (QED) is 0.756. The van der Waals surface area contributed by atoms with Gasteiger partial charge in [-0.05, 0) is 54.8 Å². The first-order chi connectivity index (χ1) is 9.16. The summed E-state index contributed by atoms with van der Waals surface area (Å²) in [5, 5.41) is 2.09. The highest BCUT2D eigenvalue weighted by atomic mass is 32.1. The van der Waals surface area contributed by atoms with Gasteiger partial charge in [-0.25, -0.2) is 0 Å². The van der Waals surface area contributed by atoms with E-state index in [1.807, 2.05) is 0 Å². The minimum absolute atomic E-state index is 0.356. The fourth-order valence-corrected chi connectivity index (χ4v) is 3.08. The summed E-state index contributed by atoms with van der Waals surface area (Å²) in [6, 6.07) is 10.4. The van der Waals surface area contributed by atoms with Gasteiger partial charge in [0.1, 0.15) is 5.78 Å². The second-order valence-electron chi connectivity index (χ2n) is 5.02. The Bertz CT molecular complexity index is 520. The highest BCUT2D eigenvalue weighted by Gasteiger charge is 2.08. The average Bonchev–Trinajstić information content (AvgIpc) is 2.87. The van der Waals surface area contributed by atoms with Crippen molar-refractivity contribution in [3.63, 3.8) is 0 Å². The van der Waals surface area contributed by atoms with E-state index in [1.54, 1.807) is 11.3 Å². The standard InChI is InChI=1S/C17H20OS/c1-13-6-3-7-14(2)17(13)12-15(18)8-4-9-16-10-5-11-19-16/h3,5-7,10-11H,4,8-9,12H2,1-2H3. The van der Waals surface area contributed by atoms with E-state index >= 15 is 0 Å². The van der Waals surface area contributed by atoms with Crippen molar-refractivity contribution in [3.8, 4) is 0 Å². The van der Waals surface area contributed by atoms with Gasteiger partial charge in [-0.1, -0.05) is 24.3 Å². The van der Waals surface area contributed by atoms with Crippen LogP contribution in [0.25, 0.3) is 0 Å². The number of thiophene rings is 1. The lowest BCUT2D eigenvalue weighted by Crippen LogP contribution is -2.06. The van der Waals surface area contributed by atoms with Crippen LogP contribution in [-0.2, 0) is 17.6 Å². The third kappa shape index (κ3) is 4.03. The van der Waals surface area contributed by atoms with Gasteiger partial charge < -0.3 is 0 Å². The Morgan fingerprint density at radius 3 is 2.47 bits per heavy atom. The van der Waals surface area contributed by atoms with Crippen molar-refractivity contribution in [1.82, 2.24) is 0 Å². The van der Waals surface area contributed by atoms with E-state index in [0.29, 0.717) is 18.6 Å². The topological polar surface area (TPSA) is 17.1 Å². The van der Waals surface area contributed by atoms with Crippen LogP contribution in [0, 0.1) is 13.8 Å². The van der Waals surface area contributed by atoms with E-state index in [0.717, 1.165) is 12.8 Å². The summed E-state index contributed by atoms with van der Waals surface area (Å²) in [4.78, 5) is 13.4. The molecular formula is C17H20OS. The molecule has 2 heteroatoms. The second kappa shape index (κ2) is 6.67. The zero-order chi connectivity index (χ0) is 13.7. The molecule has 0 saturated carbocycles. The average molecular weight is 272 g/mol. The predicted octanol–water partition coefficient (Wildman–Crippen LogP) is 4.50. The number of benzene rings is 1. The molecule has 0 aliphatic heterocycles. The molecule has 0 N–H and O–H groups in total. The van der Waals surface area contributed by atoms with Crippen LogP contribution in [0.3, 0.4) is 0 Å². The van der Waals surface area contributed by atoms with E-state index in [4.69, 9.17) is 0 Å². The van der Waals surface area contributed by atoms with Gasteiger partial charge >= 0.3 is 0 Å². The summed E-state index contributed by atoms with van der Waals surface area (Å²) in [5.74, 6) is 0.356. The SMILES string of the molecule is Cc1cccc(C)c1CC(=O)CCCc1cccs1. The second-order valence-corrected chi connectivity index (χ2v) is 6.05. The van der Waals surface area contributed by atoms with Gasteiger partial charge in [-0.3, -0.25) is 4.79 Å². The summed E-state index contributed by atoms with van der Waals surface area (Å²) in [6.45, 7) is 4.17. The van der Waals surface area contributed by atoms with Gasteiger partial charge in [-0.15, -0.1) is 11.3 Å². The smallest absolute Gasteiger partial charge is 0.137 e. The molecule has 0 unspecified atom stereocenters. The number of Topliss-reactive ketones (excluding diaryl/α,β-unsaturated/α-hetero) is 1. The molecule has 100 valence electrons. The van der Waals surface area contributed by atoms with E-state index in [-0.39, 0.29) is 0 Å². The summed E-state index contributed by atoms with van der Waals surface area (Å²) in [6.07, 6.45) is 3.26. The Balaban J connectivity index is 1.84. The summed E-state index contributed by atoms with van der Waals surface area (Å²) in [7, 11) is 0. The highest BCUT2D eigenvalue weighted by Crippen LogP contribution is 2.16. The molecule has 0 fully saturated rings. The van der Waals surface area contributed by atoms with Crippen LogP contribution < -0.4 is 0 Å². The summed E-state index contributed by atoms with van der Waals surface area (Å²) in [5.41, 5.74) is 3.67. The van der Waals surface area contributed by atoms with Gasteiger partial charge in [0.25, 0.3) is 0 Å². The molecule has 0 saturated heterocycles. The molecule has 1 aromatic carbocycles. The van der Waals surface area contributed by atoms with Crippen molar-refractivity contribution < 1.29 is 4.79 Å². The number of carbonyl (C=O) groups excluding carboxylic acids is 1. The number of aryl methyl sites for hydroxylation is 3. The van der Waals surface area contributed by atoms with Gasteiger partial charge in [0.05, 0.1) is 0 Å². The van der Waals surface area contributed by atoms with E-state index in [2.05, 4.69) is 49.6 Å². The predicted molar refractivity (Wildman–Crippen MR) is 81.9 cm³/mol. The number of ketones is 1. The Hall–Kier alpha value is -1.41. The highest BCUT2D eigenvalue weighted by molar-refractivity contribution is 7.09. The van der Waals surface area contributed by atoms with Gasteiger partial charge in [0.2, 0.25) is 0 Å². The van der Waals surface area contributed by atoms with Crippen molar-refractivity contribution >= 4 is 17.1 Å². The van der Waals surface area contributed by atoms with Crippen LogP contribution in [0.1, 0.15) is 34.4 Å². The maximum Gasteiger partial charge on any atom is 0.137 e. The zero-order valence-electron chi connectivity index (χ0n) is 11.6. The van der Waals surface area contributed by atoms with Crippen molar-refractivity contribution in [2.24, 2.45) is 0 Å². The van der Waals surface area contributed by atoms with Crippen LogP contribution in [0.15, 0.2) is 35.7 Å². The Labute approximate surface area is 119 Å². The third-order valence-electron chi connectivity index (χ3n) is 3.48. The van der Waals surface area contributed by atoms with Crippen molar-refractivity contribution in [3.05, 3.63) is 57.3 Å². The first-order valence-electron chi connectivity index (χ1n) is 6.76. The molecular weight excluding hydrogens is 252 g/mol. The lowest BCUT2D eigenvalue weighted by atomic mass is 9.96. The maximum absolute atomic E-state index is 12.0. The Morgan fingerprint density at radius 1 is 1.11 bits per heavy atom. The lowest BCUT2D eigenvalue weighted by molar-refractivity contribution is -0.118. The molecule has 0 amide bonds. The molecule has 2 rings (SSSR count). The van der Waals surface area contributed by atoms with Crippen LogP contribution in [0.5, 0.6) is 0 Å². The normalized spacial score (nSPS) is 10.6. The van der Waals surface area contributed by atoms with Crippen LogP contribution in [-0.4, -0.2) is 5.78 Å². The summed E-state index contributed by atoms with van der Waals surface area (Å²) >= 11 is 1.77. The number of carbonyl (C=O) groups is 1. The van der Waals surface area contributed by atoms with E-state index in [1.165, 1.54) is 21.6 Å². The minimum Gasteiger partial charge on any atom is -0.299 e. The third-order valence-corrected chi connectivity index (χ3v) is 4.41. The molecule has 0 aliphatic carbocycles. The molecule has 0 spiro atoms. The lowest BCUT2D eigenvalue weighted by Gasteiger charge is -2.08. The fourth-order valence-electron chi connectivity index (χ4n) is 2.33. The van der Waals surface area contributed by atoms with Crippen LogP contribution in [0.4, 0.5) is 0 Å². The minimum atomic E-state index is 0.356. The number of hydrogen-bond acceptors (Lipinski definition) is 2. The van der Waals surface area contributed by atoms with Gasteiger partial charge in [-0.2, -0.15) is 0 Å². The largest absolute Gasteiger partial charge is 0.299 e. The Kier molecular flexibility index (Phi) is 4.92. The molecule has 19 heavy (non-hydrogen) atoms. The zero-order valence-corrected chi connectivity index (χ0v) is 12.4. The van der Waals surface area contributed by atoms with Gasteiger partial charge in [0, 0.05) is 17.7 Å². The van der Waals surface area contributed by atoms with Crippen LogP contribution in [0.2, 0.25) is 0 Å². The molecule has 1 aromatic heterocycles. The summed E-state index contributed by atoms with van der Waals surface area (Å²) < 4.78 is 0.